The molecule has 0 aliphatic heterocycles. The normalized spacial score (nSPS) is 8.79. The number of hydrogen-bond acceptors (Lipinski definition) is 4. The zero-order valence-electron chi connectivity index (χ0n) is 8.33. The minimum atomic E-state index is -0.641. The number of hydrogen-bond donors (Lipinski definition) is 2. The number of H-pyrrole nitrogens is 1. The maximum absolute atomic E-state index is 10.9. The SMILES string of the molecule is CC.Cc1cc([N+](=O)[O-])c(N)[nH]c1=O. The topological polar surface area (TPSA) is 102 Å². The second kappa shape index (κ2) is 5.00. The average molecular weight is 199 g/mol. The van der Waals surface area contributed by atoms with Crippen molar-refractivity contribution in [2.75, 3.05) is 5.73 Å². The Balaban J connectivity index is 0.000000791. The van der Waals surface area contributed by atoms with E-state index in [9.17, 15) is 14.9 Å². The number of nitro groups is 1. The Morgan fingerprint density at radius 1 is 1.50 bits per heavy atom. The molecule has 14 heavy (non-hydrogen) atoms. The largest absolute Gasteiger partial charge is 0.379 e. The summed E-state index contributed by atoms with van der Waals surface area (Å²) in [5.74, 6) is -0.212. The number of aryl methyl sites for hydroxylation is 1. The molecule has 0 aromatic carbocycles. The Bertz CT molecular complexity index is 384. The van der Waals surface area contributed by atoms with Crippen LogP contribution in [0.15, 0.2) is 10.9 Å². The van der Waals surface area contributed by atoms with Gasteiger partial charge in [-0.25, -0.2) is 0 Å². The second-order valence-electron chi connectivity index (χ2n) is 2.34. The van der Waals surface area contributed by atoms with Gasteiger partial charge in [0, 0.05) is 11.6 Å². The molecule has 0 spiro atoms. The summed E-state index contributed by atoms with van der Waals surface area (Å²) < 4.78 is 0. The monoisotopic (exact) mass is 199 g/mol. The van der Waals surface area contributed by atoms with Crippen molar-refractivity contribution >= 4 is 11.5 Å². The van der Waals surface area contributed by atoms with Crippen molar-refractivity contribution in [2.45, 2.75) is 20.8 Å². The highest BCUT2D eigenvalue weighted by Gasteiger charge is 2.12. The first kappa shape index (κ1) is 12.2. The Morgan fingerprint density at radius 2 is 2.00 bits per heavy atom. The van der Waals surface area contributed by atoms with Crippen molar-refractivity contribution in [3.05, 3.63) is 32.1 Å². The summed E-state index contributed by atoms with van der Waals surface area (Å²) in [6.07, 6.45) is 0. The van der Waals surface area contributed by atoms with Crippen LogP contribution < -0.4 is 11.3 Å². The fourth-order valence-corrected chi connectivity index (χ4v) is 0.784. The Hall–Kier alpha value is -1.85. The fraction of sp³-hybridized carbons (Fsp3) is 0.375. The molecule has 6 heteroatoms. The predicted molar refractivity (Wildman–Crippen MR) is 54.2 cm³/mol. The summed E-state index contributed by atoms with van der Waals surface area (Å²) >= 11 is 0. The highest BCUT2D eigenvalue weighted by atomic mass is 16.6. The van der Waals surface area contributed by atoms with E-state index in [1.165, 1.54) is 6.92 Å². The number of aromatic amines is 1. The highest BCUT2D eigenvalue weighted by Crippen LogP contribution is 2.16. The van der Waals surface area contributed by atoms with E-state index in [2.05, 4.69) is 4.98 Å². The molecule has 0 bridgehead atoms. The van der Waals surface area contributed by atoms with Crippen molar-refractivity contribution in [3.8, 4) is 0 Å². The zero-order valence-corrected chi connectivity index (χ0v) is 8.33. The van der Waals surface area contributed by atoms with Gasteiger partial charge in [0.25, 0.3) is 5.56 Å². The molecular weight excluding hydrogens is 186 g/mol. The van der Waals surface area contributed by atoms with Gasteiger partial charge >= 0.3 is 5.69 Å². The summed E-state index contributed by atoms with van der Waals surface area (Å²) in [7, 11) is 0. The molecule has 0 aliphatic carbocycles. The summed E-state index contributed by atoms with van der Waals surface area (Å²) in [6, 6.07) is 1.15. The third-order valence-corrected chi connectivity index (χ3v) is 1.43. The van der Waals surface area contributed by atoms with Gasteiger partial charge < -0.3 is 10.7 Å². The molecule has 0 aliphatic rings. The van der Waals surface area contributed by atoms with E-state index in [-0.39, 0.29) is 17.1 Å². The molecule has 6 nitrogen and oxygen atoms in total. The van der Waals surface area contributed by atoms with Crippen LogP contribution in [0.2, 0.25) is 0 Å². The Labute approximate surface area is 80.9 Å². The molecule has 0 atom stereocenters. The minimum absolute atomic E-state index is 0.212. The smallest absolute Gasteiger partial charge is 0.309 e. The molecule has 3 N–H and O–H groups in total. The van der Waals surface area contributed by atoms with Gasteiger partial charge in [-0.3, -0.25) is 14.9 Å². The van der Waals surface area contributed by atoms with E-state index < -0.39 is 10.5 Å². The predicted octanol–water partition coefficient (Wildman–Crippen LogP) is 1.20. The third-order valence-electron chi connectivity index (χ3n) is 1.43. The molecule has 0 radical (unpaired) electrons. The van der Waals surface area contributed by atoms with Gasteiger partial charge in [-0.2, -0.15) is 0 Å². The first-order valence-electron chi connectivity index (χ1n) is 4.16. The van der Waals surface area contributed by atoms with Crippen LogP contribution in [0.5, 0.6) is 0 Å². The number of nitrogen functional groups attached to an aromatic ring is 1. The summed E-state index contributed by atoms with van der Waals surface area (Å²) in [6.45, 7) is 5.48. The van der Waals surface area contributed by atoms with Crippen LogP contribution in [0.4, 0.5) is 11.5 Å². The quantitative estimate of drug-likeness (QED) is 0.524. The van der Waals surface area contributed by atoms with Crippen molar-refractivity contribution in [2.24, 2.45) is 0 Å². The zero-order chi connectivity index (χ0) is 11.3. The maximum atomic E-state index is 10.9. The number of nitrogens with one attached hydrogen (secondary N) is 1. The number of nitrogens with zero attached hydrogens (tertiary/aromatic N) is 1. The molecule has 0 saturated heterocycles. The number of rotatable bonds is 1. The van der Waals surface area contributed by atoms with Crippen LogP contribution in [0.1, 0.15) is 19.4 Å². The van der Waals surface area contributed by atoms with E-state index in [1.54, 1.807) is 0 Å². The van der Waals surface area contributed by atoms with Crippen LogP contribution in [-0.4, -0.2) is 9.91 Å². The van der Waals surface area contributed by atoms with E-state index in [1.807, 2.05) is 13.8 Å². The molecular formula is C8H13N3O3. The van der Waals surface area contributed by atoms with Crippen LogP contribution in [0.3, 0.4) is 0 Å². The molecule has 0 saturated carbocycles. The van der Waals surface area contributed by atoms with E-state index in [0.717, 1.165) is 6.07 Å². The average Bonchev–Trinajstić information content (AvgIpc) is 2.14. The molecule has 1 heterocycles. The summed E-state index contributed by atoms with van der Waals surface area (Å²) in [4.78, 5) is 22.7. The number of nitrogens with two attached hydrogens (primary N) is 1. The number of aromatic nitrogens is 1. The fourth-order valence-electron chi connectivity index (χ4n) is 0.784. The van der Waals surface area contributed by atoms with Gasteiger partial charge in [-0.15, -0.1) is 0 Å². The van der Waals surface area contributed by atoms with Gasteiger partial charge in [0.15, 0.2) is 5.82 Å². The second-order valence-corrected chi connectivity index (χ2v) is 2.34. The van der Waals surface area contributed by atoms with Crippen LogP contribution in [-0.2, 0) is 0 Å². The van der Waals surface area contributed by atoms with Gasteiger partial charge in [0.05, 0.1) is 4.92 Å². The van der Waals surface area contributed by atoms with Crippen molar-refractivity contribution in [1.82, 2.24) is 4.98 Å². The van der Waals surface area contributed by atoms with Crippen LogP contribution >= 0.6 is 0 Å². The van der Waals surface area contributed by atoms with Gasteiger partial charge in [0.1, 0.15) is 0 Å². The summed E-state index contributed by atoms with van der Waals surface area (Å²) in [5.41, 5.74) is 4.79. The molecule has 1 aromatic heterocycles. The van der Waals surface area contributed by atoms with Crippen molar-refractivity contribution in [1.29, 1.82) is 0 Å². The standard InChI is InChI=1S/C6H7N3O3.C2H6/c1-3-2-4(9(11)12)5(7)8-6(3)10;1-2/h2H,1H3,(H3,7,8,10);1-2H3. The first-order valence-corrected chi connectivity index (χ1v) is 4.16. The summed E-state index contributed by atoms with van der Waals surface area (Å²) in [5, 5.41) is 10.3. The lowest BCUT2D eigenvalue weighted by Gasteiger charge is -1.96. The minimum Gasteiger partial charge on any atom is -0.379 e. The molecule has 1 rings (SSSR count). The third kappa shape index (κ3) is 2.58. The lowest BCUT2D eigenvalue weighted by atomic mass is 10.3. The number of anilines is 1. The van der Waals surface area contributed by atoms with E-state index in [0.29, 0.717) is 0 Å². The van der Waals surface area contributed by atoms with Crippen LogP contribution in [0.25, 0.3) is 0 Å². The maximum Gasteiger partial charge on any atom is 0.309 e. The molecule has 78 valence electrons. The molecule has 0 fully saturated rings. The van der Waals surface area contributed by atoms with Crippen molar-refractivity contribution < 1.29 is 4.92 Å². The molecule has 0 amide bonds. The van der Waals surface area contributed by atoms with Gasteiger partial charge in [-0.1, -0.05) is 13.8 Å². The van der Waals surface area contributed by atoms with E-state index in [4.69, 9.17) is 5.73 Å². The lowest BCUT2D eigenvalue weighted by molar-refractivity contribution is -0.384. The highest BCUT2D eigenvalue weighted by molar-refractivity contribution is 5.52. The van der Waals surface area contributed by atoms with Gasteiger partial charge in [-0.05, 0) is 6.92 Å². The lowest BCUT2D eigenvalue weighted by Crippen LogP contribution is -2.13. The van der Waals surface area contributed by atoms with E-state index >= 15 is 0 Å². The molecule has 1 aromatic rings. The Kier molecular flexibility index (Phi) is 4.34. The molecule has 0 unspecified atom stereocenters. The number of pyridine rings is 1. The van der Waals surface area contributed by atoms with Gasteiger partial charge in [0.2, 0.25) is 0 Å². The van der Waals surface area contributed by atoms with Crippen molar-refractivity contribution in [3.63, 3.8) is 0 Å². The van der Waals surface area contributed by atoms with Crippen LogP contribution in [0, 0.1) is 17.0 Å². The Morgan fingerprint density at radius 3 is 2.43 bits per heavy atom. The first-order chi connectivity index (χ1) is 6.52.